The van der Waals surface area contributed by atoms with E-state index < -0.39 is 8.32 Å². The maximum Gasteiger partial charge on any atom is 0.192 e. The van der Waals surface area contributed by atoms with E-state index in [0.29, 0.717) is 16.5 Å². The van der Waals surface area contributed by atoms with Gasteiger partial charge in [0.05, 0.1) is 6.10 Å². The van der Waals surface area contributed by atoms with Crippen molar-refractivity contribution in [1.82, 2.24) is 0 Å². The maximum atomic E-state index is 6.20. The third kappa shape index (κ3) is 3.77. The zero-order chi connectivity index (χ0) is 11.9. The summed E-state index contributed by atoms with van der Waals surface area (Å²) < 4.78 is 6.57. The molecule has 0 spiro atoms. The number of rotatable bonds is 3. The molecule has 0 amide bonds. The predicted molar refractivity (Wildman–Crippen MR) is 70.0 cm³/mol. The molecule has 1 nitrogen and oxygen atoms in total. The molecule has 1 saturated carbocycles. The second kappa shape index (κ2) is 4.40. The standard InChI is InChI=1S/C11H20Cl2OSi/c1-11(2,3)15(4,5)14-9-6-8(9)7-10(12)13/h7-9H,6H2,1-5H3/t8-,9+/m1/s1. The van der Waals surface area contributed by atoms with Crippen LogP contribution in [0.4, 0.5) is 0 Å². The zero-order valence-corrected chi connectivity index (χ0v) is 12.6. The summed E-state index contributed by atoms with van der Waals surface area (Å²) in [5, 5.41) is 0.272. The van der Waals surface area contributed by atoms with Crippen LogP contribution in [0, 0.1) is 5.92 Å². The fourth-order valence-electron chi connectivity index (χ4n) is 1.22. The summed E-state index contributed by atoms with van der Waals surface area (Å²) in [6.07, 6.45) is 3.30. The highest BCUT2D eigenvalue weighted by molar-refractivity contribution is 6.74. The molecule has 1 rings (SSSR count). The van der Waals surface area contributed by atoms with Gasteiger partial charge in [-0.1, -0.05) is 44.0 Å². The van der Waals surface area contributed by atoms with Crippen molar-refractivity contribution < 1.29 is 4.43 Å². The van der Waals surface area contributed by atoms with Gasteiger partial charge in [-0.25, -0.2) is 0 Å². The molecule has 0 saturated heterocycles. The first kappa shape index (κ1) is 13.6. The van der Waals surface area contributed by atoms with Crippen molar-refractivity contribution in [3.05, 3.63) is 10.6 Å². The van der Waals surface area contributed by atoms with Crippen molar-refractivity contribution in [1.29, 1.82) is 0 Å². The smallest absolute Gasteiger partial charge is 0.192 e. The summed E-state index contributed by atoms with van der Waals surface area (Å²) in [7, 11) is -1.61. The van der Waals surface area contributed by atoms with Crippen molar-refractivity contribution >= 4 is 31.5 Å². The normalized spacial score (nSPS) is 26.3. The van der Waals surface area contributed by atoms with E-state index in [0.717, 1.165) is 6.42 Å². The van der Waals surface area contributed by atoms with Crippen LogP contribution in [0.3, 0.4) is 0 Å². The summed E-state index contributed by atoms with van der Waals surface area (Å²) in [6.45, 7) is 11.3. The zero-order valence-electron chi connectivity index (χ0n) is 10.1. The molecule has 0 radical (unpaired) electrons. The van der Waals surface area contributed by atoms with Gasteiger partial charge in [-0.15, -0.1) is 0 Å². The lowest BCUT2D eigenvalue weighted by Gasteiger charge is -2.36. The van der Waals surface area contributed by atoms with Crippen molar-refractivity contribution in [3.8, 4) is 0 Å². The Balaban J connectivity index is 2.49. The molecule has 1 aliphatic rings. The molecule has 0 N–H and O–H groups in total. The summed E-state index contributed by atoms with van der Waals surface area (Å²) in [5.74, 6) is 0.434. The van der Waals surface area contributed by atoms with Gasteiger partial charge in [0.2, 0.25) is 0 Å². The molecule has 0 aliphatic heterocycles. The number of hydrogen-bond acceptors (Lipinski definition) is 1. The Morgan fingerprint density at radius 1 is 1.33 bits per heavy atom. The summed E-state index contributed by atoms with van der Waals surface area (Å²) in [5.41, 5.74) is 0. The van der Waals surface area contributed by atoms with Gasteiger partial charge in [-0.2, -0.15) is 0 Å². The van der Waals surface area contributed by atoms with Crippen LogP contribution in [0.5, 0.6) is 0 Å². The summed E-state index contributed by atoms with van der Waals surface area (Å²) in [6, 6.07) is 0. The third-order valence-corrected chi connectivity index (χ3v) is 8.13. The van der Waals surface area contributed by atoms with E-state index in [9.17, 15) is 0 Å². The molecule has 15 heavy (non-hydrogen) atoms. The predicted octanol–water partition coefficient (Wildman–Crippen LogP) is 4.72. The maximum absolute atomic E-state index is 6.20. The lowest BCUT2D eigenvalue weighted by Crippen LogP contribution is -2.41. The molecule has 0 aromatic carbocycles. The van der Waals surface area contributed by atoms with Crippen LogP contribution in [0.1, 0.15) is 27.2 Å². The van der Waals surface area contributed by atoms with Crippen molar-refractivity contribution in [2.45, 2.75) is 51.4 Å². The van der Waals surface area contributed by atoms with Crippen LogP contribution >= 0.6 is 23.2 Å². The molecule has 2 atom stereocenters. The molecule has 1 fully saturated rings. The Morgan fingerprint density at radius 2 is 1.87 bits per heavy atom. The largest absolute Gasteiger partial charge is 0.413 e. The number of hydrogen-bond donors (Lipinski definition) is 0. The molecular formula is C11H20Cl2OSi. The first-order valence-corrected chi connectivity index (χ1v) is 9.00. The summed E-state index contributed by atoms with van der Waals surface area (Å²) >= 11 is 11.2. The summed E-state index contributed by atoms with van der Waals surface area (Å²) in [4.78, 5) is 0. The number of halogens is 2. The first-order chi connectivity index (χ1) is 6.63. The molecule has 0 heterocycles. The Hall–Kier alpha value is 0.497. The Bertz CT molecular complexity index is 264. The average Bonchev–Trinajstić information content (AvgIpc) is 2.62. The minimum absolute atomic E-state index is 0.272. The van der Waals surface area contributed by atoms with E-state index >= 15 is 0 Å². The molecule has 1 aliphatic carbocycles. The van der Waals surface area contributed by atoms with Crippen molar-refractivity contribution in [2.75, 3.05) is 0 Å². The van der Waals surface area contributed by atoms with Crippen LogP contribution in [-0.4, -0.2) is 14.4 Å². The second-order valence-electron chi connectivity index (χ2n) is 5.77. The second-order valence-corrected chi connectivity index (χ2v) is 11.5. The van der Waals surface area contributed by atoms with Crippen LogP contribution < -0.4 is 0 Å². The molecule has 88 valence electrons. The highest BCUT2D eigenvalue weighted by atomic mass is 35.5. The Morgan fingerprint density at radius 3 is 2.27 bits per heavy atom. The van der Waals surface area contributed by atoms with Crippen molar-refractivity contribution in [2.24, 2.45) is 5.92 Å². The van der Waals surface area contributed by atoms with Crippen LogP contribution in [-0.2, 0) is 4.43 Å². The van der Waals surface area contributed by atoms with Gasteiger partial charge in [0.15, 0.2) is 8.32 Å². The van der Waals surface area contributed by atoms with Crippen LogP contribution in [0.25, 0.3) is 0 Å². The molecule has 0 aromatic heterocycles. The molecule has 0 aromatic rings. The van der Waals surface area contributed by atoms with E-state index in [1.54, 1.807) is 0 Å². The van der Waals surface area contributed by atoms with Crippen LogP contribution in [0.15, 0.2) is 10.6 Å². The fourth-order valence-corrected chi connectivity index (χ4v) is 2.92. The average molecular weight is 267 g/mol. The highest BCUT2D eigenvalue weighted by Gasteiger charge is 2.46. The van der Waals surface area contributed by atoms with E-state index in [1.165, 1.54) is 0 Å². The minimum Gasteiger partial charge on any atom is -0.413 e. The van der Waals surface area contributed by atoms with Gasteiger partial charge in [0.1, 0.15) is 4.49 Å². The van der Waals surface area contributed by atoms with E-state index in [-0.39, 0.29) is 5.04 Å². The quantitative estimate of drug-likeness (QED) is 0.672. The van der Waals surface area contributed by atoms with Crippen molar-refractivity contribution in [3.63, 3.8) is 0 Å². The van der Waals surface area contributed by atoms with E-state index in [2.05, 4.69) is 33.9 Å². The van der Waals surface area contributed by atoms with Gasteiger partial charge in [0, 0.05) is 5.92 Å². The first-order valence-electron chi connectivity index (χ1n) is 5.34. The SMILES string of the molecule is CC(C)(C)[Si](C)(C)O[C@H]1C[C@@H]1C=C(Cl)Cl. The van der Waals surface area contributed by atoms with Gasteiger partial charge < -0.3 is 4.43 Å². The van der Waals surface area contributed by atoms with Gasteiger partial charge in [-0.05, 0) is 30.6 Å². The lowest BCUT2D eigenvalue weighted by molar-refractivity contribution is 0.264. The topological polar surface area (TPSA) is 9.23 Å². The van der Waals surface area contributed by atoms with Gasteiger partial charge in [0.25, 0.3) is 0 Å². The monoisotopic (exact) mass is 266 g/mol. The van der Waals surface area contributed by atoms with Gasteiger partial charge in [-0.3, -0.25) is 0 Å². The van der Waals surface area contributed by atoms with E-state index in [4.69, 9.17) is 27.6 Å². The Kier molecular flexibility index (Phi) is 3.98. The molecule has 0 unspecified atom stereocenters. The van der Waals surface area contributed by atoms with E-state index in [1.807, 2.05) is 6.08 Å². The van der Waals surface area contributed by atoms with Crippen LogP contribution in [0.2, 0.25) is 18.1 Å². The highest BCUT2D eigenvalue weighted by Crippen LogP contribution is 2.44. The minimum atomic E-state index is -1.61. The Labute approximate surface area is 104 Å². The molecule has 0 bridgehead atoms. The fraction of sp³-hybridized carbons (Fsp3) is 0.818. The molecule has 4 heteroatoms. The lowest BCUT2D eigenvalue weighted by atomic mass is 10.2. The van der Waals surface area contributed by atoms with Gasteiger partial charge >= 0.3 is 0 Å². The third-order valence-electron chi connectivity index (χ3n) is 3.37. The molecular weight excluding hydrogens is 247 g/mol.